The fourth-order valence-corrected chi connectivity index (χ4v) is 6.53. The topological polar surface area (TPSA) is 139 Å². The molecule has 8 nitrogen and oxygen atoms in total. The van der Waals surface area contributed by atoms with Crippen LogP contribution in [0.15, 0.2) is 0 Å². The Balaban J connectivity index is 3.05. The molecule has 0 bridgehead atoms. The minimum absolute atomic E-state index is 0.00938. The zero-order valence-electron chi connectivity index (χ0n) is 26.5. The number of hydrogen-bond donors (Lipinski definition) is 6. The number of nitrogens with one attached hydrogen (secondary N) is 1. The monoisotopic (exact) mass is 559 g/mol. The van der Waals surface area contributed by atoms with Crippen molar-refractivity contribution < 1.29 is 35.1 Å². The Kier molecular flexibility index (Phi) is 13.4. The molecule has 1 aliphatic rings. The Labute approximate surface area is 237 Å². The summed E-state index contributed by atoms with van der Waals surface area (Å²) in [5, 5.41) is 56.4. The zero-order chi connectivity index (χ0) is 30.4. The van der Waals surface area contributed by atoms with Gasteiger partial charge in [-0.15, -0.1) is 0 Å². The van der Waals surface area contributed by atoms with E-state index < -0.39 is 48.1 Å². The minimum Gasteiger partial charge on any atom is -0.392 e. The Morgan fingerprint density at radius 3 is 1.92 bits per heavy atom. The number of rotatable bonds is 12. The van der Waals surface area contributed by atoms with Gasteiger partial charge in [0.05, 0.1) is 37.1 Å². The van der Waals surface area contributed by atoms with Gasteiger partial charge in [-0.05, 0) is 47.3 Å². The maximum atomic E-state index is 13.2. The molecule has 0 aliphatic heterocycles. The molecule has 1 amide bonds. The quantitative estimate of drug-likeness (QED) is 0.213. The first-order chi connectivity index (χ1) is 17.5. The van der Waals surface area contributed by atoms with Crippen molar-refractivity contribution in [3.8, 4) is 0 Å². The second-order valence-electron chi connectivity index (χ2n) is 16.0. The minimum atomic E-state index is -1.33. The van der Waals surface area contributed by atoms with Crippen LogP contribution in [0.2, 0.25) is 0 Å². The Morgan fingerprint density at radius 2 is 1.38 bits per heavy atom. The summed E-state index contributed by atoms with van der Waals surface area (Å²) in [6.45, 7) is 20.7. The largest absolute Gasteiger partial charge is 0.392 e. The molecule has 6 N–H and O–H groups in total. The van der Waals surface area contributed by atoms with Gasteiger partial charge in [0.2, 0.25) is 5.91 Å². The second kappa shape index (κ2) is 14.4. The van der Waals surface area contributed by atoms with Crippen LogP contribution in [0, 0.1) is 21.7 Å². The summed E-state index contributed by atoms with van der Waals surface area (Å²) in [4.78, 5) is 13.2. The van der Waals surface area contributed by atoms with E-state index in [2.05, 4.69) is 60.7 Å². The van der Waals surface area contributed by atoms with E-state index in [-0.39, 0.29) is 41.6 Å². The number of aliphatic hydroxyl groups is 5. The van der Waals surface area contributed by atoms with Crippen LogP contribution < -0.4 is 5.32 Å². The van der Waals surface area contributed by atoms with Gasteiger partial charge in [0.15, 0.2) is 0 Å². The first kappa shape index (κ1) is 36.3. The van der Waals surface area contributed by atoms with Gasteiger partial charge in [-0.2, -0.15) is 0 Å². The number of amides is 1. The van der Waals surface area contributed by atoms with Gasteiger partial charge in [-0.3, -0.25) is 4.79 Å². The van der Waals surface area contributed by atoms with E-state index in [0.717, 1.165) is 12.8 Å². The smallest absolute Gasteiger partial charge is 0.220 e. The molecule has 1 saturated carbocycles. The van der Waals surface area contributed by atoms with Crippen molar-refractivity contribution >= 4 is 5.91 Å². The molecule has 0 radical (unpaired) electrons. The molecule has 0 aromatic heterocycles. The van der Waals surface area contributed by atoms with Gasteiger partial charge in [0.1, 0.15) is 12.2 Å². The van der Waals surface area contributed by atoms with Gasteiger partial charge in [0.25, 0.3) is 0 Å². The van der Waals surface area contributed by atoms with Crippen LogP contribution in [0.4, 0.5) is 0 Å². The van der Waals surface area contributed by atoms with Crippen molar-refractivity contribution in [3.63, 3.8) is 0 Å². The number of carbonyl (C=O) groups excluding carboxylic acids is 1. The Bertz CT molecular complexity index is 740. The lowest BCUT2D eigenvalue weighted by Crippen LogP contribution is -2.52. The summed E-state index contributed by atoms with van der Waals surface area (Å²) < 4.78 is 6.01. The molecule has 0 aromatic carbocycles. The molecular weight excluding hydrogens is 498 g/mol. The van der Waals surface area contributed by atoms with Gasteiger partial charge >= 0.3 is 0 Å². The van der Waals surface area contributed by atoms with Gasteiger partial charge in [-0.1, -0.05) is 82.1 Å². The van der Waals surface area contributed by atoms with Crippen molar-refractivity contribution in [2.45, 2.75) is 163 Å². The third-order valence-electron chi connectivity index (χ3n) is 7.67. The average molecular weight is 560 g/mol. The van der Waals surface area contributed by atoms with Crippen LogP contribution in [0.3, 0.4) is 0 Å². The van der Waals surface area contributed by atoms with Gasteiger partial charge in [0, 0.05) is 12.8 Å². The maximum Gasteiger partial charge on any atom is 0.220 e. The summed E-state index contributed by atoms with van der Waals surface area (Å²) >= 11 is 0. The summed E-state index contributed by atoms with van der Waals surface area (Å²) in [7, 11) is 0. The third kappa shape index (κ3) is 13.6. The molecule has 1 fully saturated rings. The molecule has 1 aliphatic carbocycles. The van der Waals surface area contributed by atoms with E-state index in [1.807, 2.05) is 13.8 Å². The molecule has 7 atom stereocenters. The highest BCUT2D eigenvalue weighted by Gasteiger charge is 2.38. The highest BCUT2D eigenvalue weighted by molar-refractivity contribution is 5.77. The molecular formula is C31H61NO7. The van der Waals surface area contributed by atoms with E-state index >= 15 is 0 Å². The predicted molar refractivity (Wildman–Crippen MR) is 155 cm³/mol. The van der Waals surface area contributed by atoms with E-state index in [9.17, 15) is 30.3 Å². The Hall–Kier alpha value is -0.770. The fourth-order valence-electron chi connectivity index (χ4n) is 6.53. The molecule has 0 spiro atoms. The molecule has 39 heavy (non-hydrogen) atoms. The predicted octanol–water partition coefficient (Wildman–Crippen LogP) is 3.94. The molecule has 232 valence electrons. The van der Waals surface area contributed by atoms with Crippen LogP contribution in [0.25, 0.3) is 0 Å². The van der Waals surface area contributed by atoms with Crippen LogP contribution in [-0.4, -0.2) is 80.7 Å². The van der Waals surface area contributed by atoms with Crippen LogP contribution in [0.1, 0.15) is 121 Å². The van der Waals surface area contributed by atoms with E-state index in [1.54, 1.807) is 0 Å². The van der Waals surface area contributed by atoms with Crippen molar-refractivity contribution in [2.24, 2.45) is 21.7 Å². The molecule has 0 heterocycles. The number of aliphatic hydroxyl groups excluding tert-OH is 5. The summed E-state index contributed by atoms with van der Waals surface area (Å²) in [5.74, 6) is -0.214. The maximum absolute atomic E-state index is 13.2. The highest BCUT2D eigenvalue weighted by atomic mass is 16.5. The van der Waals surface area contributed by atoms with E-state index in [0.29, 0.717) is 25.7 Å². The van der Waals surface area contributed by atoms with E-state index in [1.165, 1.54) is 0 Å². The summed E-state index contributed by atoms with van der Waals surface area (Å²) in [5.41, 5.74) is -0.680. The normalized spacial score (nSPS) is 26.3. The Morgan fingerprint density at radius 1 is 0.846 bits per heavy atom. The van der Waals surface area contributed by atoms with E-state index in [4.69, 9.17) is 4.74 Å². The number of hydrogen-bond acceptors (Lipinski definition) is 7. The lowest BCUT2D eigenvalue weighted by Gasteiger charge is -2.39. The van der Waals surface area contributed by atoms with Crippen molar-refractivity contribution in [3.05, 3.63) is 0 Å². The third-order valence-corrected chi connectivity index (χ3v) is 7.67. The number of carbonyl (C=O) groups is 1. The first-order valence-electron chi connectivity index (χ1n) is 14.8. The molecule has 1 rings (SSSR count). The fraction of sp³-hybridized carbons (Fsp3) is 0.968. The van der Waals surface area contributed by atoms with Crippen molar-refractivity contribution in [2.75, 3.05) is 6.61 Å². The summed E-state index contributed by atoms with van der Waals surface area (Å²) in [6.07, 6.45) is -2.07. The zero-order valence-corrected chi connectivity index (χ0v) is 26.5. The van der Waals surface area contributed by atoms with Gasteiger partial charge < -0.3 is 35.6 Å². The number of ether oxygens (including phenoxy) is 1. The molecule has 0 aromatic rings. The molecule has 7 unspecified atom stereocenters. The van der Waals surface area contributed by atoms with Crippen molar-refractivity contribution in [1.29, 1.82) is 0 Å². The van der Waals surface area contributed by atoms with Gasteiger partial charge in [-0.25, -0.2) is 0 Å². The summed E-state index contributed by atoms with van der Waals surface area (Å²) in [6, 6.07) is -0.817. The standard InChI is InChI=1S/C31H61NO7/c1-28(2,3)18-30(7,8)16-25(36)32-20(22(34)15-24(35)31(9,10)19-29(4,5)6)17-39-23-14-12-11-13-21(33)26(37)27(23)38/h20-24,26-27,33-35,37-38H,11-19H2,1-10H3,(H,32,36). The van der Waals surface area contributed by atoms with Crippen LogP contribution >= 0.6 is 0 Å². The molecule has 0 saturated heterocycles. The lowest BCUT2D eigenvalue weighted by atomic mass is 9.71. The lowest BCUT2D eigenvalue weighted by molar-refractivity contribution is -0.142. The van der Waals surface area contributed by atoms with Crippen LogP contribution in [0.5, 0.6) is 0 Å². The van der Waals surface area contributed by atoms with Crippen LogP contribution in [-0.2, 0) is 9.53 Å². The average Bonchev–Trinajstić information content (AvgIpc) is 2.71. The van der Waals surface area contributed by atoms with Crippen molar-refractivity contribution in [1.82, 2.24) is 5.32 Å². The highest BCUT2D eigenvalue weighted by Crippen LogP contribution is 2.38. The first-order valence-corrected chi connectivity index (χ1v) is 14.8. The second-order valence-corrected chi connectivity index (χ2v) is 16.0. The SMILES string of the molecule is CC(C)(C)CC(C)(C)CC(=O)NC(COC1CCCCC(O)C(O)C1O)C(O)CC(O)C(C)(C)CC(C)(C)C. The molecule has 8 heteroatoms.